The summed E-state index contributed by atoms with van der Waals surface area (Å²) in [6.45, 7) is 2.77. The second-order valence-electron chi connectivity index (χ2n) is 4.86. The lowest BCUT2D eigenvalue weighted by Crippen LogP contribution is -2.33. The minimum atomic E-state index is 0.258. The number of morpholine rings is 1. The van der Waals surface area contributed by atoms with Crippen molar-refractivity contribution in [2.75, 3.05) is 19.7 Å². The average Bonchev–Trinajstić information content (AvgIpc) is 2.28. The van der Waals surface area contributed by atoms with Crippen molar-refractivity contribution < 1.29 is 4.74 Å². The van der Waals surface area contributed by atoms with Gasteiger partial charge in [-0.2, -0.15) is 0 Å². The maximum Gasteiger partial charge on any atom is 0.0949 e. The summed E-state index contributed by atoms with van der Waals surface area (Å²) in [6, 6.07) is 8.99. The molecule has 1 aromatic rings. The molecule has 2 heteroatoms. The Hall–Kier alpha value is -0.860. The number of rotatable bonds is 2. The van der Waals surface area contributed by atoms with Gasteiger partial charge in [0.1, 0.15) is 0 Å². The molecule has 1 saturated heterocycles. The van der Waals surface area contributed by atoms with Gasteiger partial charge in [0.25, 0.3) is 0 Å². The molecule has 16 heavy (non-hydrogen) atoms. The van der Waals surface area contributed by atoms with Gasteiger partial charge in [-0.1, -0.05) is 30.7 Å². The van der Waals surface area contributed by atoms with Gasteiger partial charge in [-0.05, 0) is 29.9 Å². The van der Waals surface area contributed by atoms with Gasteiger partial charge < -0.3 is 10.1 Å². The molecule has 3 rings (SSSR count). The molecule has 0 bridgehead atoms. The molecule has 2 aliphatic rings. The van der Waals surface area contributed by atoms with Crippen molar-refractivity contribution in [1.82, 2.24) is 5.32 Å². The Bertz CT molecular complexity index is 354. The topological polar surface area (TPSA) is 21.3 Å². The van der Waals surface area contributed by atoms with Crippen molar-refractivity contribution in [3.8, 4) is 0 Å². The zero-order valence-corrected chi connectivity index (χ0v) is 9.61. The Morgan fingerprint density at radius 1 is 1.19 bits per heavy atom. The molecule has 1 heterocycles. The number of hydrogen-bond acceptors (Lipinski definition) is 2. The molecule has 2 fully saturated rings. The Labute approximate surface area is 97.0 Å². The molecule has 0 amide bonds. The number of hydrogen-bond donors (Lipinski definition) is 1. The van der Waals surface area contributed by atoms with Gasteiger partial charge in [0.15, 0.2) is 0 Å². The van der Waals surface area contributed by atoms with Crippen LogP contribution in [0.3, 0.4) is 0 Å². The molecule has 1 aromatic carbocycles. The largest absolute Gasteiger partial charge is 0.371 e. The summed E-state index contributed by atoms with van der Waals surface area (Å²) in [6.07, 6.45) is 4.39. The van der Waals surface area contributed by atoms with Gasteiger partial charge in [0, 0.05) is 13.1 Å². The highest BCUT2D eigenvalue weighted by atomic mass is 16.5. The smallest absolute Gasteiger partial charge is 0.0949 e. The van der Waals surface area contributed by atoms with E-state index in [4.69, 9.17) is 4.74 Å². The van der Waals surface area contributed by atoms with Gasteiger partial charge in [-0.25, -0.2) is 0 Å². The van der Waals surface area contributed by atoms with Crippen LogP contribution in [0.5, 0.6) is 0 Å². The van der Waals surface area contributed by atoms with Crippen LogP contribution in [-0.4, -0.2) is 19.7 Å². The first kappa shape index (κ1) is 10.3. The summed E-state index contributed by atoms with van der Waals surface area (Å²) in [5.74, 6) is 0.816. The highest BCUT2D eigenvalue weighted by molar-refractivity contribution is 5.29. The van der Waals surface area contributed by atoms with E-state index in [9.17, 15) is 0 Å². The Kier molecular flexibility index (Phi) is 2.94. The number of ether oxygens (including phenoxy) is 1. The van der Waals surface area contributed by atoms with Crippen LogP contribution in [0.15, 0.2) is 24.3 Å². The molecule has 2 nitrogen and oxygen atoms in total. The molecular formula is C14H19NO. The van der Waals surface area contributed by atoms with Crippen molar-refractivity contribution >= 4 is 0 Å². The molecular weight excluding hydrogens is 198 g/mol. The van der Waals surface area contributed by atoms with Crippen LogP contribution >= 0.6 is 0 Å². The van der Waals surface area contributed by atoms with Crippen LogP contribution in [0.25, 0.3) is 0 Å². The fourth-order valence-electron chi connectivity index (χ4n) is 2.53. The van der Waals surface area contributed by atoms with E-state index in [1.54, 1.807) is 0 Å². The zero-order valence-electron chi connectivity index (χ0n) is 9.61. The van der Waals surface area contributed by atoms with E-state index in [1.807, 2.05) is 0 Å². The molecule has 1 aliphatic heterocycles. The van der Waals surface area contributed by atoms with Crippen molar-refractivity contribution in [3.63, 3.8) is 0 Å². The van der Waals surface area contributed by atoms with E-state index in [-0.39, 0.29) is 6.10 Å². The standard InChI is InChI=1S/C14H19NO/c1-3-11(4-1)12-5-2-6-13(9-12)14-10-15-7-8-16-14/h2,5-6,9,11,14-15H,1,3-4,7-8,10H2. The van der Waals surface area contributed by atoms with E-state index >= 15 is 0 Å². The Morgan fingerprint density at radius 3 is 2.75 bits per heavy atom. The average molecular weight is 217 g/mol. The molecule has 1 N–H and O–H groups in total. The molecule has 1 atom stereocenters. The fraction of sp³-hybridized carbons (Fsp3) is 0.571. The van der Waals surface area contributed by atoms with Crippen LogP contribution in [0, 0.1) is 0 Å². The van der Waals surface area contributed by atoms with E-state index in [1.165, 1.54) is 30.4 Å². The molecule has 86 valence electrons. The first-order chi connectivity index (χ1) is 7.93. The van der Waals surface area contributed by atoms with Crippen molar-refractivity contribution in [2.45, 2.75) is 31.3 Å². The van der Waals surface area contributed by atoms with Crippen molar-refractivity contribution in [3.05, 3.63) is 35.4 Å². The first-order valence-electron chi connectivity index (χ1n) is 6.35. The summed E-state index contributed by atoms with van der Waals surface area (Å²) in [5.41, 5.74) is 2.86. The molecule has 0 spiro atoms. The second-order valence-corrected chi connectivity index (χ2v) is 4.86. The number of benzene rings is 1. The summed E-state index contributed by atoms with van der Waals surface area (Å²) < 4.78 is 5.79. The number of nitrogens with one attached hydrogen (secondary N) is 1. The lowest BCUT2D eigenvalue weighted by Gasteiger charge is -2.28. The minimum Gasteiger partial charge on any atom is -0.371 e. The molecule has 1 aliphatic carbocycles. The summed E-state index contributed by atoms with van der Waals surface area (Å²) in [4.78, 5) is 0. The van der Waals surface area contributed by atoms with Crippen LogP contribution < -0.4 is 5.32 Å². The highest BCUT2D eigenvalue weighted by Gasteiger charge is 2.21. The third-order valence-corrected chi connectivity index (χ3v) is 3.79. The maximum atomic E-state index is 5.79. The zero-order chi connectivity index (χ0) is 10.8. The van der Waals surface area contributed by atoms with Crippen LogP contribution in [0.4, 0.5) is 0 Å². The van der Waals surface area contributed by atoms with Crippen LogP contribution in [0.2, 0.25) is 0 Å². The summed E-state index contributed by atoms with van der Waals surface area (Å²) in [5, 5.41) is 3.38. The van der Waals surface area contributed by atoms with Gasteiger partial charge in [0.2, 0.25) is 0 Å². The van der Waals surface area contributed by atoms with Crippen LogP contribution in [0.1, 0.15) is 42.4 Å². The van der Waals surface area contributed by atoms with E-state index in [0.717, 1.165) is 25.6 Å². The van der Waals surface area contributed by atoms with E-state index in [2.05, 4.69) is 29.6 Å². The van der Waals surface area contributed by atoms with E-state index < -0.39 is 0 Å². The Morgan fingerprint density at radius 2 is 2.06 bits per heavy atom. The summed E-state index contributed by atoms with van der Waals surface area (Å²) >= 11 is 0. The lowest BCUT2D eigenvalue weighted by atomic mass is 9.79. The minimum absolute atomic E-state index is 0.258. The van der Waals surface area contributed by atoms with Crippen molar-refractivity contribution in [2.24, 2.45) is 0 Å². The summed E-state index contributed by atoms with van der Waals surface area (Å²) in [7, 11) is 0. The lowest BCUT2D eigenvalue weighted by molar-refractivity contribution is 0.0276. The molecule has 0 aromatic heterocycles. The normalized spacial score (nSPS) is 26.4. The van der Waals surface area contributed by atoms with Crippen molar-refractivity contribution in [1.29, 1.82) is 0 Å². The molecule has 1 unspecified atom stereocenters. The van der Waals surface area contributed by atoms with Crippen LogP contribution in [-0.2, 0) is 4.74 Å². The Balaban J connectivity index is 1.77. The van der Waals surface area contributed by atoms with Gasteiger partial charge in [0.05, 0.1) is 12.7 Å². The van der Waals surface area contributed by atoms with Gasteiger partial charge in [-0.3, -0.25) is 0 Å². The first-order valence-corrected chi connectivity index (χ1v) is 6.35. The predicted octanol–water partition coefficient (Wildman–Crippen LogP) is 2.62. The third kappa shape index (κ3) is 2.00. The SMILES string of the molecule is c1cc(C2CCC2)cc(C2CNCCO2)c1. The third-order valence-electron chi connectivity index (χ3n) is 3.79. The molecule has 1 saturated carbocycles. The van der Waals surface area contributed by atoms with E-state index in [0.29, 0.717) is 0 Å². The molecule has 0 radical (unpaired) electrons. The maximum absolute atomic E-state index is 5.79. The second kappa shape index (κ2) is 4.56. The monoisotopic (exact) mass is 217 g/mol. The fourth-order valence-corrected chi connectivity index (χ4v) is 2.53. The quantitative estimate of drug-likeness (QED) is 0.822. The van der Waals surface area contributed by atoms with Gasteiger partial charge in [-0.15, -0.1) is 0 Å². The highest BCUT2D eigenvalue weighted by Crippen LogP contribution is 2.37. The van der Waals surface area contributed by atoms with Gasteiger partial charge >= 0.3 is 0 Å². The predicted molar refractivity (Wildman–Crippen MR) is 64.6 cm³/mol.